The van der Waals surface area contributed by atoms with Crippen LogP contribution in [0.1, 0.15) is 49.7 Å². The molecule has 2 N–H and O–H groups in total. The summed E-state index contributed by atoms with van der Waals surface area (Å²) >= 11 is 0. The molecule has 2 aromatic carbocycles. The number of fused-ring (bicyclic) bond motifs is 2. The van der Waals surface area contributed by atoms with Crippen LogP contribution >= 0.6 is 0 Å². The third kappa shape index (κ3) is 6.34. The molecule has 3 fully saturated rings. The van der Waals surface area contributed by atoms with Gasteiger partial charge in [0.1, 0.15) is 0 Å². The molecule has 0 saturated carbocycles. The van der Waals surface area contributed by atoms with Crippen LogP contribution in [0.25, 0.3) is 0 Å². The summed E-state index contributed by atoms with van der Waals surface area (Å²) in [4.78, 5) is 31.6. The lowest BCUT2D eigenvalue weighted by molar-refractivity contribution is -0.128. The zero-order valence-corrected chi connectivity index (χ0v) is 21.3. The highest BCUT2D eigenvalue weighted by Crippen LogP contribution is 2.22. The molecule has 6 nitrogen and oxygen atoms in total. The van der Waals surface area contributed by atoms with Gasteiger partial charge in [-0.05, 0) is 75.6 Å². The van der Waals surface area contributed by atoms with Crippen molar-refractivity contribution >= 4 is 11.8 Å². The first-order chi connectivity index (χ1) is 17.7. The Hall–Kier alpha value is -2.70. The lowest BCUT2D eigenvalue weighted by Gasteiger charge is -2.32. The van der Waals surface area contributed by atoms with Gasteiger partial charge in [0, 0.05) is 25.2 Å². The van der Waals surface area contributed by atoms with Crippen LogP contribution in [-0.4, -0.2) is 72.0 Å². The number of amides is 2. The zero-order chi connectivity index (χ0) is 24.7. The summed E-state index contributed by atoms with van der Waals surface area (Å²) in [6.07, 6.45) is 7.27. The van der Waals surface area contributed by atoms with Gasteiger partial charge in [-0.15, -0.1) is 0 Å². The summed E-state index contributed by atoms with van der Waals surface area (Å²) in [5.41, 5.74) is 2.48. The topological polar surface area (TPSA) is 64.7 Å². The number of carbonyl (C=O) groups excluding carboxylic acids is 2. The highest BCUT2D eigenvalue weighted by atomic mass is 16.2. The van der Waals surface area contributed by atoms with E-state index < -0.39 is 0 Å². The van der Waals surface area contributed by atoms with Crippen molar-refractivity contribution in [3.05, 3.63) is 71.8 Å². The Morgan fingerprint density at radius 1 is 0.583 bits per heavy atom. The van der Waals surface area contributed by atoms with Crippen LogP contribution < -0.4 is 10.6 Å². The lowest BCUT2D eigenvalue weighted by Crippen LogP contribution is -2.52. The molecule has 0 unspecified atom stereocenters. The quantitative estimate of drug-likeness (QED) is 0.694. The first kappa shape index (κ1) is 25.0. The molecule has 36 heavy (non-hydrogen) atoms. The highest BCUT2D eigenvalue weighted by molar-refractivity contribution is 5.83. The van der Waals surface area contributed by atoms with E-state index in [-0.39, 0.29) is 36.0 Å². The molecule has 6 heteroatoms. The van der Waals surface area contributed by atoms with Gasteiger partial charge in [-0.1, -0.05) is 60.7 Å². The molecule has 4 atom stereocenters. The van der Waals surface area contributed by atoms with Crippen LogP contribution in [0.3, 0.4) is 0 Å². The van der Waals surface area contributed by atoms with E-state index in [0.29, 0.717) is 0 Å². The molecule has 3 aliphatic heterocycles. The van der Waals surface area contributed by atoms with Crippen molar-refractivity contribution < 1.29 is 9.59 Å². The molecule has 3 aliphatic rings. The second-order valence-electron chi connectivity index (χ2n) is 10.8. The fourth-order valence-corrected chi connectivity index (χ4v) is 6.27. The van der Waals surface area contributed by atoms with E-state index >= 15 is 0 Å². The predicted octanol–water partition coefficient (Wildman–Crippen LogP) is 3.16. The van der Waals surface area contributed by atoms with Gasteiger partial charge in [-0.3, -0.25) is 19.4 Å². The van der Waals surface area contributed by atoms with Gasteiger partial charge < -0.3 is 10.6 Å². The van der Waals surface area contributed by atoms with Crippen LogP contribution in [-0.2, 0) is 22.4 Å². The Kier molecular flexibility index (Phi) is 8.34. The van der Waals surface area contributed by atoms with Crippen LogP contribution in [0.15, 0.2) is 60.7 Å². The molecule has 3 saturated heterocycles. The van der Waals surface area contributed by atoms with Crippen molar-refractivity contribution in [3.8, 4) is 0 Å². The smallest absolute Gasteiger partial charge is 0.237 e. The minimum absolute atomic E-state index is 0.0698. The molecule has 0 spiro atoms. The van der Waals surface area contributed by atoms with E-state index in [4.69, 9.17) is 0 Å². The second-order valence-corrected chi connectivity index (χ2v) is 10.8. The zero-order valence-electron chi connectivity index (χ0n) is 21.3. The van der Waals surface area contributed by atoms with Crippen LogP contribution in [0.2, 0.25) is 0 Å². The highest BCUT2D eigenvalue weighted by Gasteiger charge is 2.35. The Morgan fingerprint density at radius 2 is 1.00 bits per heavy atom. The van der Waals surface area contributed by atoms with E-state index in [0.717, 1.165) is 77.5 Å². The summed E-state index contributed by atoms with van der Waals surface area (Å²) in [5, 5.41) is 6.85. The van der Waals surface area contributed by atoms with E-state index in [1.54, 1.807) is 0 Å². The minimum atomic E-state index is -0.0705. The Morgan fingerprint density at radius 3 is 1.42 bits per heavy atom. The van der Waals surface area contributed by atoms with Crippen molar-refractivity contribution in [3.63, 3.8) is 0 Å². The summed E-state index contributed by atoms with van der Waals surface area (Å²) in [6, 6.07) is 20.9. The molecule has 0 radical (unpaired) electrons. The van der Waals surface area contributed by atoms with Gasteiger partial charge in [-0.2, -0.15) is 0 Å². The molecule has 3 heterocycles. The first-order valence-electron chi connectivity index (χ1n) is 13.8. The predicted molar refractivity (Wildman–Crippen MR) is 143 cm³/mol. The molecule has 192 valence electrons. The maximum absolute atomic E-state index is 13.5. The Labute approximate surface area is 215 Å². The molecular formula is C30H40N4O2. The minimum Gasteiger partial charge on any atom is -0.352 e. The summed E-state index contributed by atoms with van der Waals surface area (Å²) in [6.45, 7) is 3.55. The molecule has 5 rings (SSSR count). The van der Waals surface area contributed by atoms with Crippen LogP contribution in [0, 0.1) is 0 Å². The third-order valence-electron chi connectivity index (χ3n) is 8.20. The summed E-state index contributed by atoms with van der Waals surface area (Å²) in [5.74, 6) is 0.346. The number of nitrogens with zero attached hydrogens (tertiary/aromatic N) is 2. The van der Waals surface area contributed by atoms with Crippen LogP contribution in [0.5, 0.6) is 0 Å². The third-order valence-corrected chi connectivity index (χ3v) is 8.20. The monoisotopic (exact) mass is 488 g/mol. The maximum Gasteiger partial charge on any atom is 0.237 e. The molecule has 0 bridgehead atoms. The van der Waals surface area contributed by atoms with Gasteiger partial charge in [0.25, 0.3) is 0 Å². The number of carbonyl (C=O) groups is 2. The number of nitrogens with one attached hydrogen (secondary N) is 2. The summed E-state index contributed by atoms with van der Waals surface area (Å²) < 4.78 is 0. The Balaban J connectivity index is 1.35. The normalized spacial score (nSPS) is 28.6. The van der Waals surface area contributed by atoms with E-state index in [9.17, 15) is 9.59 Å². The number of benzene rings is 2. The number of hydrogen-bond acceptors (Lipinski definition) is 4. The number of rotatable bonds is 4. The molecule has 2 aromatic rings. The Bertz CT molecular complexity index is 917. The van der Waals surface area contributed by atoms with Crippen LogP contribution in [0.4, 0.5) is 0 Å². The molecule has 2 amide bonds. The maximum atomic E-state index is 13.5. The SMILES string of the molecule is O=C1N[C@H](Cc2ccccc2)CCN2CCC[C@H]2C(=O)N[C@H](Cc2ccccc2)CCN2CCC[C@@H]12. The fraction of sp³-hybridized carbons (Fsp3) is 0.533. The van der Waals surface area contributed by atoms with Gasteiger partial charge in [0.2, 0.25) is 11.8 Å². The lowest BCUT2D eigenvalue weighted by atomic mass is 10.0. The fourth-order valence-electron chi connectivity index (χ4n) is 6.27. The van der Waals surface area contributed by atoms with Gasteiger partial charge in [0.05, 0.1) is 12.1 Å². The molecule has 0 aromatic heterocycles. The van der Waals surface area contributed by atoms with Gasteiger partial charge in [0.15, 0.2) is 0 Å². The van der Waals surface area contributed by atoms with Crippen molar-refractivity contribution in [2.24, 2.45) is 0 Å². The number of hydrogen-bond donors (Lipinski definition) is 2. The largest absolute Gasteiger partial charge is 0.352 e. The molecular weight excluding hydrogens is 448 g/mol. The standard InChI is InChI=1S/C30H40N4O2/c35-29-27-13-7-18-34(27)20-16-26(22-24-11-5-2-6-12-24)32-30(36)28-14-8-17-33(28)19-15-25(31-29)21-23-9-3-1-4-10-23/h1-6,9-12,25-28H,7-8,13-22H2,(H,31,35)(H,32,36)/t25-,26-,27-,28-/m0/s1. The van der Waals surface area contributed by atoms with Gasteiger partial charge in [-0.25, -0.2) is 0 Å². The van der Waals surface area contributed by atoms with Crippen molar-refractivity contribution in [1.82, 2.24) is 20.4 Å². The van der Waals surface area contributed by atoms with Gasteiger partial charge >= 0.3 is 0 Å². The van der Waals surface area contributed by atoms with E-state index in [2.05, 4.69) is 69.0 Å². The molecule has 0 aliphatic carbocycles. The first-order valence-corrected chi connectivity index (χ1v) is 13.8. The van der Waals surface area contributed by atoms with E-state index in [1.807, 2.05) is 12.1 Å². The average molecular weight is 489 g/mol. The van der Waals surface area contributed by atoms with E-state index in [1.165, 1.54) is 11.1 Å². The summed E-state index contributed by atoms with van der Waals surface area (Å²) in [7, 11) is 0. The second kappa shape index (κ2) is 12.0. The van der Waals surface area contributed by atoms with Crippen molar-refractivity contribution in [1.29, 1.82) is 0 Å². The average Bonchev–Trinajstić information content (AvgIpc) is 3.56. The van der Waals surface area contributed by atoms with Crippen molar-refractivity contribution in [2.45, 2.75) is 75.5 Å². The van der Waals surface area contributed by atoms with Crippen molar-refractivity contribution in [2.75, 3.05) is 26.2 Å².